The average Bonchev–Trinajstić information content (AvgIpc) is 2.46. The number of halogens is 2. The van der Waals surface area contributed by atoms with Crippen molar-refractivity contribution in [3.8, 4) is 0 Å². The van der Waals surface area contributed by atoms with Gasteiger partial charge in [0.25, 0.3) is 12.3 Å². The molecule has 1 fully saturated rings. The molecule has 1 amide bonds. The highest BCUT2D eigenvalue weighted by Crippen LogP contribution is 2.23. The maximum atomic E-state index is 12.6. The second-order valence-electron chi connectivity index (χ2n) is 4.77. The summed E-state index contributed by atoms with van der Waals surface area (Å²) in [5.74, 6) is -1.55. The number of carbonyl (C=O) groups excluding carboxylic acids is 1. The molecule has 1 aromatic carbocycles. The number of rotatable bonds is 3. The first kappa shape index (κ1) is 14.4. The summed E-state index contributed by atoms with van der Waals surface area (Å²) in [7, 11) is 0. The summed E-state index contributed by atoms with van der Waals surface area (Å²) in [4.78, 5) is 24.7. The molecule has 1 atom stereocenters. The summed E-state index contributed by atoms with van der Waals surface area (Å²) in [5.41, 5.74) is -0.129. The van der Waals surface area contributed by atoms with Gasteiger partial charge in [-0.1, -0.05) is 12.1 Å². The zero-order valence-electron chi connectivity index (χ0n) is 10.8. The number of hydrogen-bond acceptors (Lipinski definition) is 2. The molecule has 2 rings (SSSR count). The van der Waals surface area contributed by atoms with E-state index in [4.69, 9.17) is 5.11 Å². The highest BCUT2D eigenvalue weighted by molar-refractivity contribution is 5.96. The predicted octanol–water partition coefficient (Wildman–Crippen LogP) is 2.70. The molecule has 0 aliphatic carbocycles. The van der Waals surface area contributed by atoms with E-state index in [1.807, 2.05) is 0 Å². The lowest BCUT2D eigenvalue weighted by Gasteiger charge is -2.33. The van der Waals surface area contributed by atoms with Crippen molar-refractivity contribution in [2.75, 3.05) is 6.54 Å². The van der Waals surface area contributed by atoms with E-state index in [1.165, 1.54) is 23.1 Å². The Morgan fingerprint density at radius 1 is 1.30 bits per heavy atom. The van der Waals surface area contributed by atoms with E-state index in [1.54, 1.807) is 0 Å². The minimum Gasteiger partial charge on any atom is -0.480 e. The SMILES string of the molecule is O=C(O)C1CCCCN1C(=O)c1cccc(C(F)F)c1. The van der Waals surface area contributed by atoms with Gasteiger partial charge in [-0.3, -0.25) is 4.79 Å². The smallest absolute Gasteiger partial charge is 0.326 e. The fraction of sp³-hybridized carbons (Fsp3) is 0.429. The topological polar surface area (TPSA) is 57.6 Å². The Hall–Kier alpha value is -1.98. The molecule has 1 saturated heterocycles. The second-order valence-corrected chi connectivity index (χ2v) is 4.77. The first-order valence-corrected chi connectivity index (χ1v) is 6.42. The summed E-state index contributed by atoms with van der Waals surface area (Å²) >= 11 is 0. The number of piperidine rings is 1. The van der Waals surface area contributed by atoms with Crippen LogP contribution in [0.15, 0.2) is 24.3 Å². The monoisotopic (exact) mass is 283 g/mol. The Kier molecular flexibility index (Phi) is 4.32. The number of nitrogens with zero attached hydrogens (tertiary/aromatic N) is 1. The molecule has 0 saturated carbocycles. The largest absolute Gasteiger partial charge is 0.480 e. The number of benzene rings is 1. The third-order valence-corrected chi connectivity index (χ3v) is 3.43. The van der Waals surface area contributed by atoms with Gasteiger partial charge in [0, 0.05) is 17.7 Å². The van der Waals surface area contributed by atoms with E-state index < -0.39 is 24.3 Å². The molecular weight excluding hydrogens is 268 g/mol. The van der Waals surface area contributed by atoms with Crippen LogP contribution in [-0.2, 0) is 4.79 Å². The Morgan fingerprint density at radius 2 is 2.05 bits per heavy atom. The van der Waals surface area contributed by atoms with Crippen molar-refractivity contribution < 1.29 is 23.5 Å². The number of carboxylic acids is 1. The van der Waals surface area contributed by atoms with Crippen LogP contribution in [0.4, 0.5) is 8.78 Å². The Morgan fingerprint density at radius 3 is 2.70 bits per heavy atom. The fourth-order valence-corrected chi connectivity index (χ4v) is 2.40. The minimum atomic E-state index is -2.65. The van der Waals surface area contributed by atoms with E-state index in [0.29, 0.717) is 13.0 Å². The molecule has 108 valence electrons. The third kappa shape index (κ3) is 2.95. The van der Waals surface area contributed by atoms with Crippen LogP contribution in [0.2, 0.25) is 0 Å². The number of alkyl halides is 2. The van der Waals surface area contributed by atoms with Crippen LogP contribution in [0, 0.1) is 0 Å². The molecule has 0 radical (unpaired) electrons. The van der Waals surface area contributed by atoms with E-state index in [2.05, 4.69) is 0 Å². The number of hydrogen-bond donors (Lipinski definition) is 1. The van der Waals surface area contributed by atoms with Gasteiger partial charge < -0.3 is 10.0 Å². The van der Waals surface area contributed by atoms with Gasteiger partial charge in [-0.05, 0) is 31.4 Å². The van der Waals surface area contributed by atoms with Crippen LogP contribution in [0.3, 0.4) is 0 Å². The minimum absolute atomic E-state index is 0.107. The molecule has 4 nitrogen and oxygen atoms in total. The number of likely N-dealkylation sites (tertiary alicyclic amines) is 1. The van der Waals surface area contributed by atoms with Crippen molar-refractivity contribution in [2.45, 2.75) is 31.7 Å². The van der Waals surface area contributed by atoms with Gasteiger partial charge in [0.2, 0.25) is 0 Å². The van der Waals surface area contributed by atoms with Crippen molar-refractivity contribution in [2.24, 2.45) is 0 Å². The molecule has 1 aromatic rings. The third-order valence-electron chi connectivity index (χ3n) is 3.43. The zero-order valence-corrected chi connectivity index (χ0v) is 10.8. The lowest BCUT2D eigenvalue weighted by Crippen LogP contribution is -2.48. The molecule has 1 aliphatic rings. The van der Waals surface area contributed by atoms with Gasteiger partial charge in [-0.2, -0.15) is 0 Å². The lowest BCUT2D eigenvalue weighted by molar-refractivity contribution is -0.143. The second kappa shape index (κ2) is 5.98. The van der Waals surface area contributed by atoms with Gasteiger partial charge >= 0.3 is 5.97 Å². The Labute approximate surface area is 115 Å². The standard InChI is InChI=1S/C14H15F2NO3/c15-12(16)9-4-3-5-10(8-9)13(18)17-7-2-1-6-11(17)14(19)20/h3-5,8,11-12H,1-2,6-7H2,(H,19,20). The van der Waals surface area contributed by atoms with Crippen LogP contribution in [0.25, 0.3) is 0 Å². The summed E-state index contributed by atoms with van der Waals surface area (Å²) < 4.78 is 25.3. The molecule has 0 spiro atoms. The number of carboxylic acid groups (broad SMARTS) is 1. The van der Waals surface area contributed by atoms with Crippen molar-refractivity contribution in [3.63, 3.8) is 0 Å². The molecule has 6 heteroatoms. The maximum Gasteiger partial charge on any atom is 0.326 e. The van der Waals surface area contributed by atoms with Crippen LogP contribution in [0.1, 0.15) is 41.6 Å². The molecule has 1 heterocycles. The van der Waals surface area contributed by atoms with E-state index >= 15 is 0 Å². The van der Waals surface area contributed by atoms with Crippen LogP contribution in [-0.4, -0.2) is 34.5 Å². The zero-order chi connectivity index (χ0) is 14.7. The van der Waals surface area contributed by atoms with Gasteiger partial charge in [0.15, 0.2) is 0 Å². The Balaban J connectivity index is 2.25. The normalized spacial score (nSPS) is 19.1. The lowest BCUT2D eigenvalue weighted by atomic mass is 10.0. The molecule has 1 aliphatic heterocycles. The van der Waals surface area contributed by atoms with Crippen molar-refractivity contribution in [3.05, 3.63) is 35.4 Å². The average molecular weight is 283 g/mol. The van der Waals surface area contributed by atoms with E-state index in [0.717, 1.165) is 18.9 Å². The first-order valence-electron chi connectivity index (χ1n) is 6.42. The number of aliphatic carboxylic acids is 1. The molecule has 1 N–H and O–H groups in total. The van der Waals surface area contributed by atoms with Crippen molar-refractivity contribution in [1.82, 2.24) is 4.90 Å². The summed E-state index contributed by atoms with van der Waals surface area (Å²) in [6, 6.07) is 4.31. The van der Waals surface area contributed by atoms with Crippen LogP contribution >= 0.6 is 0 Å². The van der Waals surface area contributed by atoms with Crippen molar-refractivity contribution in [1.29, 1.82) is 0 Å². The summed E-state index contributed by atoms with van der Waals surface area (Å²) in [6.45, 7) is 0.342. The summed E-state index contributed by atoms with van der Waals surface area (Å²) in [6.07, 6.45) is -0.781. The molecule has 1 unspecified atom stereocenters. The quantitative estimate of drug-likeness (QED) is 0.928. The summed E-state index contributed by atoms with van der Waals surface area (Å²) in [5, 5.41) is 9.13. The fourth-order valence-electron chi connectivity index (χ4n) is 2.40. The maximum absolute atomic E-state index is 12.6. The van der Waals surface area contributed by atoms with Crippen LogP contribution in [0.5, 0.6) is 0 Å². The number of amides is 1. The Bertz CT molecular complexity index is 519. The molecular formula is C14H15F2NO3. The van der Waals surface area contributed by atoms with Crippen LogP contribution < -0.4 is 0 Å². The van der Waals surface area contributed by atoms with E-state index in [9.17, 15) is 18.4 Å². The first-order chi connectivity index (χ1) is 9.50. The van der Waals surface area contributed by atoms with Crippen molar-refractivity contribution >= 4 is 11.9 Å². The highest BCUT2D eigenvalue weighted by Gasteiger charge is 2.32. The predicted molar refractivity (Wildman–Crippen MR) is 67.7 cm³/mol. The molecule has 0 bridgehead atoms. The van der Waals surface area contributed by atoms with Gasteiger partial charge in [0.05, 0.1) is 0 Å². The van der Waals surface area contributed by atoms with Gasteiger partial charge in [0.1, 0.15) is 6.04 Å². The molecule has 0 aromatic heterocycles. The van der Waals surface area contributed by atoms with Gasteiger partial charge in [-0.25, -0.2) is 13.6 Å². The van der Waals surface area contributed by atoms with Gasteiger partial charge in [-0.15, -0.1) is 0 Å². The number of carbonyl (C=O) groups is 2. The van der Waals surface area contributed by atoms with E-state index in [-0.39, 0.29) is 11.1 Å². The highest BCUT2D eigenvalue weighted by atomic mass is 19.3. The molecule has 20 heavy (non-hydrogen) atoms.